The minimum absolute atomic E-state index is 0.155. The maximum Gasteiger partial charge on any atom is 0.311 e. The molecule has 0 spiro atoms. The summed E-state index contributed by atoms with van der Waals surface area (Å²) in [7, 11) is 0. The normalized spacial score (nSPS) is 11.0. The second-order valence-electron chi connectivity index (χ2n) is 4.36. The molecule has 0 heterocycles. The molecule has 0 radical (unpaired) electrons. The molecule has 0 aliphatic carbocycles. The number of hydrogen-bond donors (Lipinski definition) is 1. The SMILES string of the molecule is C=C(C)OCNCCOC(=O)C(C)(C)CC. The summed E-state index contributed by atoms with van der Waals surface area (Å²) < 4.78 is 10.2. The molecule has 0 atom stereocenters. The highest BCUT2D eigenvalue weighted by Crippen LogP contribution is 2.21. The van der Waals surface area contributed by atoms with Crippen LogP contribution >= 0.6 is 0 Å². The summed E-state index contributed by atoms with van der Waals surface area (Å²) in [5, 5.41) is 2.98. The van der Waals surface area contributed by atoms with Gasteiger partial charge in [0.05, 0.1) is 11.2 Å². The van der Waals surface area contributed by atoms with E-state index in [1.54, 1.807) is 6.92 Å². The zero-order valence-corrected chi connectivity index (χ0v) is 10.8. The third-order valence-electron chi connectivity index (χ3n) is 2.37. The largest absolute Gasteiger partial charge is 0.484 e. The molecule has 0 amide bonds. The van der Waals surface area contributed by atoms with E-state index in [-0.39, 0.29) is 5.97 Å². The first-order chi connectivity index (χ1) is 7.40. The second-order valence-corrected chi connectivity index (χ2v) is 4.36. The van der Waals surface area contributed by atoms with Crippen molar-refractivity contribution in [2.45, 2.75) is 34.1 Å². The Morgan fingerprint density at radius 3 is 2.50 bits per heavy atom. The molecule has 1 N–H and O–H groups in total. The van der Waals surface area contributed by atoms with Crippen molar-refractivity contribution < 1.29 is 14.3 Å². The van der Waals surface area contributed by atoms with Crippen LogP contribution in [0.4, 0.5) is 0 Å². The van der Waals surface area contributed by atoms with E-state index in [0.29, 0.717) is 25.6 Å². The minimum atomic E-state index is -0.395. The Kier molecular flexibility index (Phi) is 6.81. The summed E-state index contributed by atoms with van der Waals surface area (Å²) >= 11 is 0. The van der Waals surface area contributed by atoms with Crippen molar-refractivity contribution >= 4 is 5.97 Å². The highest BCUT2D eigenvalue weighted by molar-refractivity contribution is 5.75. The van der Waals surface area contributed by atoms with Gasteiger partial charge >= 0.3 is 5.97 Å². The molecule has 0 aliphatic rings. The Hall–Kier alpha value is -1.03. The van der Waals surface area contributed by atoms with Gasteiger partial charge in [-0.1, -0.05) is 13.5 Å². The molecule has 0 saturated heterocycles. The van der Waals surface area contributed by atoms with E-state index in [2.05, 4.69) is 11.9 Å². The number of rotatable bonds is 8. The fourth-order valence-corrected chi connectivity index (χ4v) is 0.802. The molecule has 4 heteroatoms. The third kappa shape index (κ3) is 6.45. The van der Waals surface area contributed by atoms with Crippen molar-refractivity contribution in [2.75, 3.05) is 19.9 Å². The zero-order valence-electron chi connectivity index (χ0n) is 10.8. The first-order valence-corrected chi connectivity index (χ1v) is 5.56. The Morgan fingerprint density at radius 2 is 2.00 bits per heavy atom. The number of carbonyl (C=O) groups excluding carboxylic acids is 1. The third-order valence-corrected chi connectivity index (χ3v) is 2.37. The van der Waals surface area contributed by atoms with Gasteiger partial charge in [-0.2, -0.15) is 0 Å². The standard InChI is InChI=1S/C12H23NO3/c1-6-12(4,5)11(14)15-8-7-13-9-16-10(2)3/h13H,2,6-9H2,1,3-5H3. The number of allylic oxidation sites excluding steroid dienone is 1. The van der Waals surface area contributed by atoms with E-state index in [0.717, 1.165) is 6.42 Å². The lowest BCUT2D eigenvalue weighted by Crippen LogP contribution is -2.29. The molecule has 0 unspecified atom stereocenters. The van der Waals surface area contributed by atoms with Crippen molar-refractivity contribution in [3.63, 3.8) is 0 Å². The topological polar surface area (TPSA) is 47.6 Å². The number of carbonyl (C=O) groups is 1. The van der Waals surface area contributed by atoms with Gasteiger partial charge in [-0.15, -0.1) is 0 Å². The summed E-state index contributed by atoms with van der Waals surface area (Å²) in [5.74, 6) is 0.509. The first kappa shape index (κ1) is 15.0. The van der Waals surface area contributed by atoms with Crippen LogP contribution in [0.15, 0.2) is 12.3 Å². The van der Waals surface area contributed by atoms with E-state index < -0.39 is 5.41 Å². The van der Waals surface area contributed by atoms with Crippen molar-refractivity contribution in [1.82, 2.24) is 5.32 Å². The second kappa shape index (κ2) is 7.28. The van der Waals surface area contributed by atoms with Gasteiger partial charge in [0, 0.05) is 6.54 Å². The van der Waals surface area contributed by atoms with Gasteiger partial charge in [-0.25, -0.2) is 0 Å². The van der Waals surface area contributed by atoms with Gasteiger partial charge in [0.15, 0.2) is 0 Å². The van der Waals surface area contributed by atoms with E-state index in [1.807, 2.05) is 20.8 Å². The molecular formula is C12H23NO3. The number of hydrogen-bond acceptors (Lipinski definition) is 4. The fourth-order valence-electron chi connectivity index (χ4n) is 0.802. The first-order valence-electron chi connectivity index (χ1n) is 5.56. The summed E-state index contributed by atoms with van der Waals surface area (Å²) in [6, 6.07) is 0. The molecule has 0 aromatic rings. The number of esters is 1. The molecule has 0 aromatic carbocycles. The van der Waals surface area contributed by atoms with Crippen LogP contribution in [0.5, 0.6) is 0 Å². The highest BCUT2D eigenvalue weighted by Gasteiger charge is 2.26. The van der Waals surface area contributed by atoms with Crippen LogP contribution in [0.25, 0.3) is 0 Å². The number of ether oxygens (including phenoxy) is 2. The average molecular weight is 229 g/mol. The maximum atomic E-state index is 11.5. The minimum Gasteiger partial charge on any atom is -0.484 e. The molecule has 0 aromatic heterocycles. The summed E-state index contributed by atoms with van der Waals surface area (Å²) in [6.07, 6.45) is 0.776. The van der Waals surface area contributed by atoms with Crippen LogP contribution in [-0.2, 0) is 14.3 Å². The molecule has 0 fully saturated rings. The lowest BCUT2D eigenvalue weighted by atomic mass is 9.91. The summed E-state index contributed by atoms with van der Waals surface area (Å²) in [4.78, 5) is 11.5. The quantitative estimate of drug-likeness (QED) is 0.299. The van der Waals surface area contributed by atoms with Gasteiger partial charge in [0.1, 0.15) is 13.3 Å². The molecule has 0 aliphatic heterocycles. The molecule has 0 saturated carbocycles. The van der Waals surface area contributed by atoms with Crippen LogP contribution in [-0.4, -0.2) is 25.9 Å². The van der Waals surface area contributed by atoms with E-state index in [1.165, 1.54) is 0 Å². The van der Waals surface area contributed by atoms with Crippen LogP contribution in [0.1, 0.15) is 34.1 Å². The lowest BCUT2D eigenvalue weighted by Gasteiger charge is -2.20. The van der Waals surface area contributed by atoms with Gasteiger partial charge in [-0.3, -0.25) is 10.1 Å². The predicted octanol–water partition coefficient (Wildman–Crippen LogP) is 2.06. The van der Waals surface area contributed by atoms with Gasteiger partial charge in [-0.05, 0) is 27.2 Å². The van der Waals surface area contributed by atoms with Gasteiger partial charge in [0.2, 0.25) is 0 Å². The Labute approximate surface area is 98.0 Å². The van der Waals surface area contributed by atoms with E-state index >= 15 is 0 Å². The van der Waals surface area contributed by atoms with Crippen molar-refractivity contribution in [3.05, 3.63) is 12.3 Å². The fraction of sp³-hybridized carbons (Fsp3) is 0.750. The molecule has 0 bridgehead atoms. The molecule has 16 heavy (non-hydrogen) atoms. The van der Waals surface area contributed by atoms with Crippen molar-refractivity contribution in [3.8, 4) is 0 Å². The molecule has 94 valence electrons. The summed E-state index contributed by atoms with van der Waals surface area (Å²) in [6.45, 7) is 12.5. The van der Waals surface area contributed by atoms with Crippen LogP contribution < -0.4 is 5.32 Å². The Balaban J connectivity index is 3.52. The highest BCUT2D eigenvalue weighted by atomic mass is 16.5. The molecular weight excluding hydrogens is 206 g/mol. The van der Waals surface area contributed by atoms with Gasteiger partial charge in [0.25, 0.3) is 0 Å². The van der Waals surface area contributed by atoms with Crippen LogP contribution in [0.3, 0.4) is 0 Å². The molecule has 0 rings (SSSR count). The zero-order chi connectivity index (χ0) is 12.6. The maximum absolute atomic E-state index is 11.5. The monoisotopic (exact) mass is 229 g/mol. The number of nitrogens with one attached hydrogen (secondary N) is 1. The Morgan fingerprint density at radius 1 is 1.38 bits per heavy atom. The van der Waals surface area contributed by atoms with E-state index in [9.17, 15) is 4.79 Å². The van der Waals surface area contributed by atoms with Crippen molar-refractivity contribution in [1.29, 1.82) is 0 Å². The lowest BCUT2D eigenvalue weighted by molar-refractivity contribution is -0.154. The smallest absolute Gasteiger partial charge is 0.311 e. The van der Waals surface area contributed by atoms with Gasteiger partial charge < -0.3 is 9.47 Å². The van der Waals surface area contributed by atoms with Crippen molar-refractivity contribution in [2.24, 2.45) is 5.41 Å². The average Bonchev–Trinajstić information content (AvgIpc) is 2.22. The van der Waals surface area contributed by atoms with Crippen LogP contribution in [0, 0.1) is 5.41 Å². The Bertz CT molecular complexity index is 236. The predicted molar refractivity (Wildman–Crippen MR) is 63.8 cm³/mol. The van der Waals surface area contributed by atoms with E-state index in [4.69, 9.17) is 9.47 Å². The summed E-state index contributed by atoms with van der Waals surface area (Å²) in [5.41, 5.74) is -0.395. The molecule has 4 nitrogen and oxygen atoms in total. The van der Waals surface area contributed by atoms with Crippen LogP contribution in [0.2, 0.25) is 0 Å².